The first-order valence-corrected chi connectivity index (χ1v) is 9.05. The van der Waals surface area contributed by atoms with E-state index < -0.39 is 54.4 Å². The lowest BCUT2D eigenvalue weighted by atomic mass is 9.65. The summed E-state index contributed by atoms with van der Waals surface area (Å²) < 4.78 is 11.2. The summed E-state index contributed by atoms with van der Waals surface area (Å²) in [5.41, 5.74) is 1.65. The maximum absolute atomic E-state index is 11.2. The van der Waals surface area contributed by atoms with Gasteiger partial charge in [0.05, 0.1) is 18.3 Å². The number of ether oxygens (including phenoxy) is 2. The minimum absolute atomic E-state index is 0.166. The molecule has 2 rings (SSSR count). The van der Waals surface area contributed by atoms with Gasteiger partial charge < -0.3 is 35.0 Å². The lowest BCUT2D eigenvalue weighted by Crippen LogP contribution is -2.60. The van der Waals surface area contributed by atoms with E-state index >= 15 is 0 Å². The number of hydrogen-bond acceptors (Lipinski definition) is 8. The topological polar surface area (TPSA) is 137 Å². The molecule has 154 valence electrons. The van der Waals surface area contributed by atoms with Crippen LogP contribution < -0.4 is 0 Å². The Labute approximate surface area is 158 Å². The van der Waals surface area contributed by atoms with Gasteiger partial charge in [0, 0.05) is 18.1 Å². The van der Waals surface area contributed by atoms with Gasteiger partial charge in [-0.2, -0.15) is 0 Å². The van der Waals surface area contributed by atoms with E-state index in [1.807, 2.05) is 13.8 Å². The lowest BCUT2D eigenvalue weighted by molar-refractivity contribution is -0.316. The summed E-state index contributed by atoms with van der Waals surface area (Å²) in [5.74, 6) is -0.172. The average Bonchev–Trinajstić information content (AvgIpc) is 2.52. The average molecular weight is 386 g/mol. The predicted octanol–water partition coefficient (Wildman–Crippen LogP) is -0.587. The van der Waals surface area contributed by atoms with Crippen LogP contribution in [0, 0.1) is 5.41 Å². The third-order valence-electron chi connectivity index (χ3n) is 5.17. The van der Waals surface area contributed by atoms with Crippen molar-refractivity contribution in [1.29, 1.82) is 0 Å². The van der Waals surface area contributed by atoms with Gasteiger partial charge in [-0.15, -0.1) is 5.73 Å². The Balaban J connectivity index is 2.20. The fourth-order valence-electron chi connectivity index (χ4n) is 4.01. The molecule has 1 heterocycles. The Morgan fingerprint density at radius 3 is 2.37 bits per heavy atom. The molecule has 1 aliphatic carbocycles. The molecule has 8 heteroatoms. The molecular weight excluding hydrogens is 356 g/mol. The third-order valence-corrected chi connectivity index (χ3v) is 5.17. The molecule has 0 amide bonds. The third kappa shape index (κ3) is 4.85. The van der Waals surface area contributed by atoms with Gasteiger partial charge in [0.2, 0.25) is 0 Å². The molecule has 1 saturated heterocycles. The van der Waals surface area contributed by atoms with E-state index in [9.17, 15) is 30.3 Å². The van der Waals surface area contributed by atoms with Gasteiger partial charge in [-0.05, 0) is 25.7 Å². The molecule has 8 nitrogen and oxygen atoms in total. The molecule has 0 bridgehead atoms. The van der Waals surface area contributed by atoms with Gasteiger partial charge >= 0.3 is 0 Å². The van der Waals surface area contributed by atoms with E-state index in [1.165, 1.54) is 13.0 Å². The van der Waals surface area contributed by atoms with E-state index in [1.54, 1.807) is 6.92 Å². The Kier molecular flexibility index (Phi) is 6.67. The van der Waals surface area contributed by atoms with Crippen molar-refractivity contribution >= 4 is 5.78 Å². The molecule has 0 radical (unpaired) electrons. The number of ketones is 1. The molecule has 7 atom stereocenters. The maximum Gasteiger partial charge on any atom is 0.186 e. The van der Waals surface area contributed by atoms with E-state index in [-0.39, 0.29) is 12.2 Å². The second-order valence-corrected chi connectivity index (χ2v) is 8.30. The highest BCUT2D eigenvalue weighted by Crippen LogP contribution is 2.46. The standard InChI is InChI=1S/C19H30O8/c1-10(21)5-6-13-18(2,3)7-11(8-19(13,4)25)26-17-16(24)15(23)14(22)12(9-20)27-17/h5,11-12,14-17,20,22-25H,7-9H2,1-4H3/t6?,11-,12-,14-,15+,16-,17-,19+/m1/s1. The Hall–Kier alpha value is -1.09. The first kappa shape index (κ1) is 22.2. The highest BCUT2D eigenvalue weighted by Gasteiger charge is 2.49. The van der Waals surface area contributed by atoms with Gasteiger partial charge in [-0.1, -0.05) is 13.8 Å². The summed E-state index contributed by atoms with van der Waals surface area (Å²) in [6.45, 7) is 6.25. The lowest BCUT2D eigenvalue weighted by Gasteiger charge is -2.47. The Morgan fingerprint density at radius 2 is 1.85 bits per heavy atom. The smallest absolute Gasteiger partial charge is 0.186 e. The van der Waals surface area contributed by atoms with Crippen molar-refractivity contribution in [3.63, 3.8) is 0 Å². The Bertz CT molecular complexity index is 597. The van der Waals surface area contributed by atoms with Crippen molar-refractivity contribution in [2.45, 2.75) is 82.9 Å². The molecular formula is C19H30O8. The summed E-state index contributed by atoms with van der Waals surface area (Å²) in [7, 11) is 0. The van der Waals surface area contributed by atoms with E-state index in [4.69, 9.17) is 9.47 Å². The summed E-state index contributed by atoms with van der Waals surface area (Å²) >= 11 is 0. The van der Waals surface area contributed by atoms with Crippen molar-refractivity contribution < 1.29 is 39.8 Å². The van der Waals surface area contributed by atoms with Crippen LogP contribution in [0.2, 0.25) is 0 Å². The zero-order chi connectivity index (χ0) is 20.6. The van der Waals surface area contributed by atoms with Crippen molar-refractivity contribution in [1.82, 2.24) is 0 Å². The molecule has 0 aromatic rings. The van der Waals surface area contributed by atoms with Crippen LogP contribution in [0.5, 0.6) is 0 Å². The zero-order valence-corrected chi connectivity index (χ0v) is 16.1. The molecule has 0 aromatic heterocycles. The SMILES string of the molecule is CC(=O)C=C=C1C(C)(C)C[C@@H](O[C@@H]2O[C@H](CO)[C@@H](O)[C@H](O)[C@H]2O)C[C@]1(C)O. The fourth-order valence-corrected chi connectivity index (χ4v) is 4.01. The quantitative estimate of drug-likeness (QED) is 0.320. The second-order valence-electron chi connectivity index (χ2n) is 8.30. The van der Waals surface area contributed by atoms with Crippen LogP contribution in [0.15, 0.2) is 17.4 Å². The van der Waals surface area contributed by atoms with Crippen LogP contribution >= 0.6 is 0 Å². The molecule has 0 spiro atoms. The summed E-state index contributed by atoms with van der Waals surface area (Å²) in [6.07, 6.45) is -5.40. The molecule has 1 saturated carbocycles. The van der Waals surface area contributed by atoms with E-state index in [2.05, 4.69) is 5.73 Å². The Morgan fingerprint density at radius 1 is 1.22 bits per heavy atom. The summed E-state index contributed by atoms with van der Waals surface area (Å²) in [6, 6.07) is 0. The molecule has 1 aliphatic heterocycles. The number of aliphatic hydroxyl groups is 5. The number of aliphatic hydroxyl groups excluding tert-OH is 4. The molecule has 0 unspecified atom stereocenters. The first-order valence-electron chi connectivity index (χ1n) is 9.05. The van der Waals surface area contributed by atoms with Crippen LogP contribution in [0.3, 0.4) is 0 Å². The fraction of sp³-hybridized carbons (Fsp3) is 0.789. The molecule has 27 heavy (non-hydrogen) atoms. The minimum atomic E-state index is -1.52. The normalized spacial score (nSPS) is 41.7. The van der Waals surface area contributed by atoms with Crippen LogP contribution in [0.4, 0.5) is 0 Å². The van der Waals surface area contributed by atoms with Gasteiger partial charge in [0.15, 0.2) is 12.1 Å². The molecule has 2 fully saturated rings. The highest BCUT2D eigenvalue weighted by molar-refractivity contribution is 5.87. The molecule has 2 aliphatic rings. The second kappa shape index (κ2) is 8.11. The van der Waals surface area contributed by atoms with Crippen LogP contribution in [0.25, 0.3) is 0 Å². The van der Waals surface area contributed by atoms with Crippen LogP contribution in [-0.4, -0.2) is 80.3 Å². The number of carbonyl (C=O) groups excluding carboxylic acids is 1. The largest absolute Gasteiger partial charge is 0.394 e. The zero-order valence-electron chi connectivity index (χ0n) is 16.1. The molecule has 0 aromatic carbocycles. The van der Waals surface area contributed by atoms with Gasteiger partial charge in [0.1, 0.15) is 24.4 Å². The molecule has 5 N–H and O–H groups in total. The monoisotopic (exact) mass is 386 g/mol. The van der Waals surface area contributed by atoms with E-state index in [0.717, 1.165) is 0 Å². The van der Waals surface area contributed by atoms with Crippen LogP contribution in [-0.2, 0) is 14.3 Å². The van der Waals surface area contributed by atoms with Crippen molar-refractivity contribution in [3.05, 3.63) is 17.4 Å². The number of rotatable bonds is 4. The van der Waals surface area contributed by atoms with Crippen molar-refractivity contribution in [2.75, 3.05) is 6.61 Å². The van der Waals surface area contributed by atoms with E-state index in [0.29, 0.717) is 12.0 Å². The maximum atomic E-state index is 11.2. The van der Waals surface area contributed by atoms with Crippen molar-refractivity contribution in [3.8, 4) is 0 Å². The predicted molar refractivity (Wildman–Crippen MR) is 94.6 cm³/mol. The summed E-state index contributed by atoms with van der Waals surface area (Å²) in [4.78, 5) is 11.2. The van der Waals surface area contributed by atoms with Gasteiger partial charge in [-0.25, -0.2) is 0 Å². The first-order chi connectivity index (χ1) is 12.4. The number of hydrogen-bond donors (Lipinski definition) is 5. The van der Waals surface area contributed by atoms with Crippen LogP contribution in [0.1, 0.15) is 40.5 Å². The summed E-state index contributed by atoms with van der Waals surface area (Å²) in [5, 5.41) is 50.1. The van der Waals surface area contributed by atoms with Gasteiger partial charge in [0.25, 0.3) is 0 Å². The minimum Gasteiger partial charge on any atom is -0.394 e. The number of carbonyl (C=O) groups is 1. The van der Waals surface area contributed by atoms with Gasteiger partial charge in [-0.3, -0.25) is 4.79 Å². The van der Waals surface area contributed by atoms with Crippen molar-refractivity contribution in [2.24, 2.45) is 5.41 Å². The highest BCUT2D eigenvalue weighted by atomic mass is 16.7.